The first kappa shape index (κ1) is 12.8. The molecule has 1 aromatic carbocycles. The van der Waals surface area contributed by atoms with E-state index >= 15 is 0 Å². The van der Waals surface area contributed by atoms with Gasteiger partial charge in [-0.3, -0.25) is 0 Å². The first-order valence-electron chi connectivity index (χ1n) is 5.43. The van der Waals surface area contributed by atoms with E-state index in [1.807, 2.05) is 36.4 Å². The van der Waals surface area contributed by atoms with Crippen molar-refractivity contribution in [1.82, 2.24) is 5.32 Å². The van der Waals surface area contributed by atoms with Crippen LogP contribution in [0.4, 0.5) is 0 Å². The molecule has 0 bridgehead atoms. The third-order valence-corrected chi connectivity index (χ3v) is 4.07. The lowest BCUT2D eigenvalue weighted by Gasteiger charge is -2.11. The largest absolute Gasteiger partial charge is 0.387 e. The number of aliphatic hydroxyl groups excluding tert-OH is 1. The van der Waals surface area contributed by atoms with E-state index in [4.69, 9.17) is 0 Å². The summed E-state index contributed by atoms with van der Waals surface area (Å²) in [5.41, 5.74) is 0.951. The summed E-state index contributed by atoms with van der Waals surface area (Å²) in [6, 6.07) is 13.8. The minimum absolute atomic E-state index is 0.445. The van der Waals surface area contributed by atoms with Crippen LogP contribution in [0.3, 0.4) is 0 Å². The van der Waals surface area contributed by atoms with Gasteiger partial charge >= 0.3 is 0 Å². The molecule has 2 rings (SSSR count). The van der Waals surface area contributed by atoms with Crippen molar-refractivity contribution in [3.05, 3.63) is 56.7 Å². The van der Waals surface area contributed by atoms with Crippen LogP contribution in [0.1, 0.15) is 16.5 Å². The zero-order valence-electron chi connectivity index (χ0n) is 9.27. The van der Waals surface area contributed by atoms with E-state index in [1.165, 1.54) is 4.88 Å². The number of hydrogen-bond donors (Lipinski definition) is 2. The fourth-order valence-corrected chi connectivity index (χ4v) is 3.02. The van der Waals surface area contributed by atoms with E-state index in [9.17, 15) is 5.11 Å². The van der Waals surface area contributed by atoms with Crippen LogP contribution in [0.15, 0.2) is 46.3 Å². The van der Waals surface area contributed by atoms with E-state index in [-0.39, 0.29) is 0 Å². The van der Waals surface area contributed by atoms with Crippen molar-refractivity contribution >= 4 is 27.3 Å². The fourth-order valence-electron chi connectivity index (χ4n) is 1.57. The molecule has 0 saturated heterocycles. The number of aliphatic hydroxyl groups is 1. The highest BCUT2D eigenvalue weighted by Crippen LogP contribution is 2.21. The molecule has 1 unspecified atom stereocenters. The van der Waals surface area contributed by atoms with Crippen molar-refractivity contribution in [3.63, 3.8) is 0 Å². The Morgan fingerprint density at radius 3 is 2.59 bits per heavy atom. The van der Waals surface area contributed by atoms with Gasteiger partial charge in [-0.1, -0.05) is 30.3 Å². The van der Waals surface area contributed by atoms with E-state index in [1.54, 1.807) is 11.3 Å². The van der Waals surface area contributed by atoms with E-state index in [0.29, 0.717) is 6.54 Å². The van der Waals surface area contributed by atoms with Crippen molar-refractivity contribution in [2.24, 2.45) is 0 Å². The first-order chi connectivity index (χ1) is 8.25. The highest BCUT2D eigenvalue weighted by atomic mass is 79.9. The molecule has 0 aliphatic carbocycles. The first-order valence-corrected chi connectivity index (χ1v) is 7.04. The number of halogens is 1. The highest BCUT2D eigenvalue weighted by Gasteiger charge is 2.06. The van der Waals surface area contributed by atoms with Crippen molar-refractivity contribution < 1.29 is 5.11 Å². The molecule has 1 aromatic heterocycles. The maximum absolute atomic E-state index is 9.94. The number of thiophene rings is 1. The fraction of sp³-hybridized carbons (Fsp3) is 0.231. The summed E-state index contributed by atoms with van der Waals surface area (Å²) in [6.07, 6.45) is -0.445. The Balaban J connectivity index is 1.79. The van der Waals surface area contributed by atoms with Gasteiger partial charge in [-0.25, -0.2) is 0 Å². The molecule has 17 heavy (non-hydrogen) atoms. The molecule has 2 aromatic rings. The molecule has 0 fully saturated rings. The maximum Gasteiger partial charge on any atom is 0.0914 e. The smallest absolute Gasteiger partial charge is 0.0914 e. The van der Waals surface area contributed by atoms with Crippen LogP contribution in [-0.2, 0) is 6.54 Å². The molecule has 90 valence electrons. The number of nitrogens with one attached hydrogen (secondary N) is 1. The van der Waals surface area contributed by atoms with Gasteiger partial charge in [0.15, 0.2) is 0 Å². The van der Waals surface area contributed by atoms with Gasteiger partial charge in [-0.2, -0.15) is 0 Å². The lowest BCUT2D eigenvalue weighted by atomic mass is 10.1. The number of rotatable bonds is 5. The molecule has 1 heterocycles. The topological polar surface area (TPSA) is 32.3 Å². The van der Waals surface area contributed by atoms with Crippen molar-refractivity contribution in [3.8, 4) is 0 Å². The van der Waals surface area contributed by atoms with Gasteiger partial charge in [0.2, 0.25) is 0 Å². The van der Waals surface area contributed by atoms with Gasteiger partial charge in [-0.15, -0.1) is 11.3 Å². The van der Waals surface area contributed by atoms with E-state index < -0.39 is 6.10 Å². The average molecular weight is 312 g/mol. The molecule has 0 aliphatic rings. The molecule has 0 saturated carbocycles. The maximum atomic E-state index is 9.94. The molecular formula is C13H14BrNOS. The Hall–Kier alpha value is -0.680. The summed E-state index contributed by atoms with van der Waals surface area (Å²) in [4.78, 5) is 1.26. The second kappa shape index (κ2) is 6.31. The molecule has 0 radical (unpaired) electrons. The van der Waals surface area contributed by atoms with Crippen LogP contribution < -0.4 is 5.32 Å². The second-order valence-electron chi connectivity index (χ2n) is 3.76. The quantitative estimate of drug-likeness (QED) is 0.887. The molecular weight excluding hydrogens is 298 g/mol. The van der Waals surface area contributed by atoms with Gasteiger partial charge in [0.05, 0.1) is 9.89 Å². The molecule has 0 amide bonds. The standard InChI is InChI=1S/C13H14BrNOS/c14-13-7-6-11(17-13)8-15-9-12(16)10-4-2-1-3-5-10/h1-7,12,15-16H,8-9H2. The average Bonchev–Trinajstić information content (AvgIpc) is 2.76. The van der Waals surface area contributed by atoms with Crippen molar-refractivity contribution in [2.75, 3.05) is 6.54 Å². The summed E-state index contributed by atoms with van der Waals surface area (Å²) in [7, 11) is 0. The zero-order valence-corrected chi connectivity index (χ0v) is 11.7. The summed E-state index contributed by atoms with van der Waals surface area (Å²) in [5, 5.41) is 13.2. The molecule has 0 aliphatic heterocycles. The molecule has 4 heteroatoms. The third-order valence-electron chi connectivity index (χ3n) is 2.45. The number of hydrogen-bond acceptors (Lipinski definition) is 3. The predicted octanol–water partition coefficient (Wildman–Crippen LogP) is 3.33. The van der Waals surface area contributed by atoms with Crippen LogP contribution in [0, 0.1) is 0 Å². The molecule has 2 N–H and O–H groups in total. The third kappa shape index (κ3) is 3.92. The summed E-state index contributed by atoms with van der Waals surface area (Å²) in [6.45, 7) is 1.36. The predicted molar refractivity (Wildman–Crippen MR) is 75.1 cm³/mol. The van der Waals surface area contributed by atoms with Gasteiger partial charge in [0.25, 0.3) is 0 Å². The monoisotopic (exact) mass is 311 g/mol. The minimum Gasteiger partial charge on any atom is -0.387 e. The van der Waals surface area contributed by atoms with E-state index in [2.05, 4.69) is 27.3 Å². The molecule has 1 atom stereocenters. The molecule has 0 spiro atoms. The van der Waals surface area contributed by atoms with Crippen LogP contribution in [0.2, 0.25) is 0 Å². The van der Waals surface area contributed by atoms with Crippen molar-refractivity contribution in [1.29, 1.82) is 0 Å². The molecule has 2 nitrogen and oxygen atoms in total. The lowest BCUT2D eigenvalue weighted by molar-refractivity contribution is 0.174. The Bertz CT molecular complexity index is 457. The van der Waals surface area contributed by atoms with Crippen LogP contribution >= 0.6 is 27.3 Å². The van der Waals surface area contributed by atoms with Crippen molar-refractivity contribution in [2.45, 2.75) is 12.6 Å². The summed E-state index contributed by atoms with van der Waals surface area (Å²) >= 11 is 5.14. The lowest BCUT2D eigenvalue weighted by Crippen LogP contribution is -2.20. The van der Waals surface area contributed by atoms with E-state index in [0.717, 1.165) is 15.9 Å². The highest BCUT2D eigenvalue weighted by molar-refractivity contribution is 9.11. The van der Waals surface area contributed by atoms with Gasteiger partial charge in [0, 0.05) is 18.0 Å². The Kier molecular flexibility index (Phi) is 4.74. The zero-order chi connectivity index (χ0) is 12.1. The van der Waals surface area contributed by atoms with Crippen LogP contribution in [-0.4, -0.2) is 11.7 Å². The second-order valence-corrected chi connectivity index (χ2v) is 6.31. The Morgan fingerprint density at radius 1 is 1.18 bits per heavy atom. The Labute approximate surface area is 113 Å². The van der Waals surface area contributed by atoms with Gasteiger partial charge in [-0.05, 0) is 33.6 Å². The van der Waals surface area contributed by atoms with Crippen LogP contribution in [0.25, 0.3) is 0 Å². The minimum atomic E-state index is -0.445. The van der Waals surface area contributed by atoms with Crippen LogP contribution in [0.5, 0.6) is 0 Å². The number of benzene rings is 1. The van der Waals surface area contributed by atoms with Gasteiger partial charge in [0.1, 0.15) is 0 Å². The summed E-state index contributed by atoms with van der Waals surface area (Å²) < 4.78 is 1.14. The SMILES string of the molecule is OC(CNCc1ccc(Br)s1)c1ccccc1. The normalized spacial score (nSPS) is 12.6. The van der Waals surface area contributed by atoms with Gasteiger partial charge < -0.3 is 10.4 Å². The Morgan fingerprint density at radius 2 is 1.94 bits per heavy atom. The summed E-state index contributed by atoms with van der Waals surface area (Å²) in [5.74, 6) is 0.